The first-order valence-corrected chi connectivity index (χ1v) is 10.6. The molecule has 1 saturated heterocycles. The average molecular weight is 510 g/mol. The van der Waals surface area contributed by atoms with Crippen LogP contribution in [0.1, 0.15) is 51.2 Å². The third-order valence-electron chi connectivity index (χ3n) is 4.57. The Morgan fingerprint density at radius 3 is 2.63 bits per heavy atom. The Morgan fingerprint density at radius 1 is 1.33 bits per heavy atom. The Bertz CT molecular complexity index is 570. The lowest BCUT2D eigenvalue weighted by molar-refractivity contribution is -0.00683. The molecule has 0 spiro atoms. The monoisotopic (exact) mass is 509 g/mol. The van der Waals surface area contributed by atoms with Gasteiger partial charge in [-0.2, -0.15) is 0 Å². The number of aliphatic imine (C=N–C) groups is 1. The van der Waals surface area contributed by atoms with Crippen molar-refractivity contribution in [3.63, 3.8) is 0 Å². The van der Waals surface area contributed by atoms with Crippen LogP contribution in [0, 0.1) is 0 Å². The van der Waals surface area contributed by atoms with E-state index in [1.54, 1.807) is 11.3 Å². The quantitative estimate of drug-likeness (QED) is 0.321. The molecule has 0 unspecified atom stereocenters. The first kappa shape index (κ1) is 24.6. The van der Waals surface area contributed by atoms with Crippen molar-refractivity contribution in [3.8, 4) is 0 Å². The molecule has 1 aliphatic rings. The first-order valence-electron chi connectivity index (χ1n) is 9.71. The van der Waals surface area contributed by atoms with Crippen LogP contribution in [0.3, 0.4) is 0 Å². The van der Waals surface area contributed by atoms with Crippen LogP contribution in [0.5, 0.6) is 0 Å². The predicted molar refractivity (Wildman–Crippen MR) is 126 cm³/mol. The van der Waals surface area contributed by atoms with Gasteiger partial charge in [0.2, 0.25) is 0 Å². The zero-order valence-electron chi connectivity index (χ0n) is 17.4. The number of guanidine groups is 1. The van der Waals surface area contributed by atoms with Crippen molar-refractivity contribution in [1.29, 1.82) is 0 Å². The topological polar surface area (TPSA) is 61.8 Å². The largest absolute Gasteiger partial charge is 0.379 e. The number of rotatable bonds is 8. The summed E-state index contributed by atoms with van der Waals surface area (Å²) in [5.74, 6) is 1.39. The molecule has 0 saturated carbocycles. The highest BCUT2D eigenvalue weighted by molar-refractivity contribution is 14.0. The molecule has 2 rings (SSSR count). The molecule has 0 bridgehead atoms. The summed E-state index contributed by atoms with van der Waals surface area (Å²) in [6.07, 6.45) is 0.917. The minimum atomic E-state index is 0. The minimum Gasteiger partial charge on any atom is -0.379 e. The van der Waals surface area contributed by atoms with Crippen molar-refractivity contribution >= 4 is 41.3 Å². The number of hydrogen-bond donors (Lipinski definition) is 2. The van der Waals surface area contributed by atoms with Gasteiger partial charge in [-0.3, -0.25) is 9.89 Å². The van der Waals surface area contributed by atoms with Crippen molar-refractivity contribution in [2.45, 2.75) is 52.5 Å². The molecule has 27 heavy (non-hydrogen) atoms. The SMILES string of the molecule is CCNC(=NCC(C)(C)N1CCOCC1)NCCc1csc(C(C)C)n1.I. The lowest BCUT2D eigenvalue weighted by atomic mass is 10.0. The summed E-state index contributed by atoms with van der Waals surface area (Å²) in [5.41, 5.74) is 1.20. The van der Waals surface area contributed by atoms with Crippen LogP contribution in [0.15, 0.2) is 10.4 Å². The highest BCUT2D eigenvalue weighted by Crippen LogP contribution is 2.19. The second kappa shape index (κ2) is 12.2. The van der Waals surface area contributed by atoms with E-state index in [4.69, 9.17) is 14.7 Å². The van der Waals surface area contributed by atoms with E-state index in [1.807, 2.05) is 0 Å². The fourth-order valence-corrected chi connectivity index (χ4v) is 3.76. The van der Waals surface area contributed by atoms with E-state index in [1.165, 1.54) is 5.01 Å². The number of halogens is 1. The summed E-state index contributed by atoms with van der Waals surface area (Å²) in [5, 5.41) is 10.2. The maximum absolute atomic E-state index is 5.46. The lowest BCUT2D eigenvalue weighted by Crippen LogP contribution is -2.52. The number of aromatic nitrogens is 1. The summed E-state index contributed by atoms with van der Waals surface area (Å²) < 4.78 is 5.46. The fraction of sp³-hybridized carbons (Fsp3) is 0.789. The van der Waals surface area contributed by atoms with Crippen LogP contribution in [-0.4, -0.2) is 67.3 Å². The molecular formula is C19H36IN5OS. The molecule has 0 aromatic carbocycles. The Morgan fingerprint density at radius 2 is 2.04 bits per heavy atom. The van der Waals surface area contributed by atoms with E-state index in [0.717, 1.165) is 64.0 Å². The summed E-state index contributed by atoms with van der Waals surface area (Å²) >= 11 is 1.76. The van der Waals surface area contributed by atoms with Gasteiger partial charge in [-0.25, -0.2) is 4.98 Å². The number of nitrogens with one attached hydrogen (secondary N) is 2. The third kappa shape index (κ3) is 8.21. The maximum atomic E-state index is 5.46. The summed E-state index contributed by atoms with van der Waals surface area (Å²) in [4.78, 5) is 12.0. The van der Waals surface area contributed by atoms with Gasteiger partial charge in [0.15, 0.2) is 5.96 Å². The number of ether oxygens (including phenoxy) is 1. The van der Waals surface area contributed by atoms with Crippen molar-refractivity contribution < 1.29 is 4.74 Å². The number of thiazole rings is 1. The molecule has 1 aliphatic heterocycles. The third-order valence-corrected chi connectivity index (χ3v) is 5.77. The normalized spacial score (nSPS) is 16.3. The molecule has 8 heteroatoms. The molecular weight excluding hydrogens is 473 g/mol. The van der Waals surface area contributed by atoms with Gasteiger partial charge in [-0.15, -0.1) is 35.3 Å². The van der Waals surface area contributed by atoms with E-state index in [9.17, 15) is 0 Å². The fourth-order valence-electron chi connectivity index (χ4n) is 2.89. The van der Waals surface area contributed by atoms with Gasteiger partial charge in [0.05, 0.1) is 30.5 Å². The highest BCUT2D eigenvalue weighted by Gasteiger charge is 2.28. The zero-order valence-corrected chi connectivity index (χ0v) is 20.5. The first-order chi connectivity index (χ1) is 12.4. The van der Waals surface area contributed by atoms with E-state index in [2.05, 4.69) is 55.5 Å². The molecule has 2 heterocycles. The number of hydrogen-bond acceptors (Lipinski definition) is 5. The van der Waals surface area contributed by atoms with Crippen LogP contribution < -0.4 is 10.6 Å². The molecule has 2 N–H and O–H groups in total. The van der Waals surface area contributed by atoms with Gasteiger partial charge < -0.3 is 15.4 Å². The summed E-state index contributed by atoms with van der Waals surface area (Å²) in [6, 6.07) is 0. The van der Waals surface area contributed by atoms with E-state index in [0.29, 0.717) is 5.92 Å². The smallest absolute Gasteiger partial charge is 0.191 e. The zero-order chi connectivity index (χ0) is 19.0. The highest BCUT2D eigenvalue weighted by atomic mass is 127. The van der Waals surface area contributed by atoms with E-state index < -0.39 is 0 Å². The second-order valence-electron chi connectivity index (χ2n) is 7.62. The van der Waals surface area contributed by atoms with Crippen LogP contribution in [0.25, 0.3) is 0 Å². The Kier molecular flexibility index (Phi) is 11.1. The number of morpholine rings is 1. The Labute approximate surface area is 185 Å². The molecule has 6 nitrogen and oxygen atoms in total. The van der Waals surface area contributed by atoms with Crippen LogP contribution in [0.2, 0.25) is 0 Å². The van der Waals surface area contributed by atoms with Crippen LogP contribution in [-0.2, 0) is 11.2 Å². The Balaban J connectivity index is 0.00000364. The molecule has 156 valence electrons. The molecule has 0 atom stereocenters. The Hall–Kier alpha value is -0.450. The lowest BCUT2D eigenvalue weighted by Gasteiger charge is -2.39. The number of nitrogens with zero attached hydrogens (tertiary/aromatic N) is 3. The van der Waals surface area contributed by atoms with Crippen LogP contribution in [0.4, 0.5) is 0 Å². The van der Waals surface area contributed by atoms with Crippen molar-refractivity contribution in [2.75, 3.05) is 45.9 Å². The van der Waals surface area contributed by atoms with Crippen molar-refractivity contribution in [2.24, 2.45) is 4.99 Å². The van der Waals surface area contributed by atoms with E-state index in [-0.39, 0.29) is 29.5 Å². The van der Waals surface area contributed by atoms with Gasteiger partial charge in [0.1, 0.15) is 0 Å². The second-order valence-corrected chi connectivity index (χ2v) is 8.51. The van der Waals surface area contributed by atoms with Crippen LogP contribution >= 0.6 is 35.3 Å². The molecule has 0 aliphatic carbocycles. The average Bonchev–Trinajstić information content (AvgIpc) is 3.10. The standard InChI is InChI=1S/C19H35N5OS.HI/c1-6-20-18(21-8-7-16-13-26-17(23-16)15(2)3)22-14-19(4,5)24-9-11-25-12-10-24;/h13,15H,6-12,14H2,1-5H3,(H2,20,21,22);1H. The predicted octanol–water partition coefficient (Wildman–Crippen LogP) is 3.09. The van der Waals surface area contributed by atoms with Gasteiger partial charge in [0.25, 0.3) is 0 Å². The summed E-state index contributed by atoms with van der Waals surface area (Å²) in [6.45, 7) is 17.0. The van der Waals surface area contributed by atoms with Crippen molar-refractivity contribution in [3.05, 3.63) is 16.1 Å². The molecule has 1 fully saturated rings. The maximum Gasteiger partial charge on any atom is 0.191 e. The minimum absolute atomic E-state index is 0. The van der Waals surface area contributed by atoms with Gasteiger partial charge in [0, 0.05) is 49.4 Å². The molecule has 1 aromatic heterocycles. The summed E-state index contributed by atoms with van der Waals surface area (Å²) in [7, 11) is 0. The molecule has 0 amide bonds. The van der Waals surface area contributed by atoms with Gasteiger partial charge in [-0.1, -0.05) is 13.8 Å². The molecule has 0 radical (unpaired) electrons. The molecule has 1 aromatic rings. The van der Waals surface area contributed by atoms with Gasteiger partial charge in [-0.05, 0) is 20.8 Å². The van der Waals surface area contributed by atoms with E-state index >= 15 is 0 Å². The van der Waals surface area contributed by atoms with Gasteiger partial charge >= 0.3 is 0 Å². The van der Waals surface area contributed by atoms with Crippen molar-refractivity contribution in [1.82, 2.24) is 20.5 Å².